The Bertz CT molecular complexity index is 269. The predicted molar refractivity (Wildman–Crippen MR) is 51.3 cm³/mol. The summed E-state index contributed by atoms with van der Waals surface area (Å²) in [7, 11) is 0. The molecule has 1 saturated carbocycles. The van der Waals surface area contributed by atoms with E-state index in [2.05, 4.69) is 5.32 Å². The van der Waals surface area contributed by atoms with Gasteiger partial charge in [-0.05, 0) is 31.6 Å². The normalized spacial score (nSPS) is 27.3. The van der Waals surface area contributed by atoms with E-state index in [0.717, 1.165) is 19.3 Å². The lowest BCUT2D eigenvalue weighted by Crippen LogP contribution is -2.46. The maximum Gasteiger partial charge on any atom is 0.326 e. The zero-order valence-electron chi connectivity index (χ0n) is 8.44. The Labute approximate surface area is 87.8 Å². The van der Waals surface area contributed by atoms with Crippen molar-refractivity contribution in [1.82, 2.24) is 5.32 Å². The number of carbonyl (C=O) groups is 2. The lowest BCUT2D eigenvalue weighted by Gasteiger charge is -2.16. The van der Waals surface area contributed by atoms with Crippen LogP contribution in [-0.4, -0.2) is 35.7 Å². The Kier molecular flexibility index (Phi) is 2.90. The maximum absolute atomic E-state index is 11.6. The number of rotatable bonds is 4. The van der Waals surface area contributed by atoms with Gasteiger partial charge in [-0.3, -0.25) is 4.79 Å². The van der Waals surface area contributed by atoms with E-state index in [9.17, 15) is 9.59 Å². The molecule has 1 aliphatic heterocycles. The summed E-state index contributed by atoms with van der Waals surface area (Å²) in [6.07, 6.45) is 2.92. The van der Waals surface area contributed by atoms with Crippen molar-refractivity contribution in [1.29, 1.82) is 0 Å². The topological polar surface area (TPSA) is 75.6 Å². The summed E-state index contributed by atoms with van der Waals surface area (Å²) in [4.78, 5) is 22.5. The fourth-order valence-electron chi connectivity index (χ4n) is 1.84. The SMILES string of the molecule is O=C(O)C(NC(=O)[C@@H]1CCCO1)C1CC1. The van der Waals surface area contributed by atoms with E-state index in [1.54, 1.807) is 0 Å². The van der Waals surface area contributed by atoms with Crippen molar-refractivity contribution in [3.05, 3.63) is 0 Å². The summed E-state index contributed by atoms with van der Waals surface area (Å²) in [5.74, 6) is -1.09. The van der Waals surface area contributed by atoms with E-state index in [0.29, 0.717) is 13.0 Å². The Hall–Kier alpha value is -1.10. The van der Waals surface area contributed by atoms with Crippen molar-refractivity contribution < 1.29 is 19.4 Å². The highest BCUT2D eigenvalue weighted by Gasteiger charge is 2.38. The first-order valence-electron chi connectivity index (χ1n) is 5.33. The van der Waals surface area contributed by atoms with E-state index in [-0.39, 0.29) is 11.8 Å². The molecule has 2 N–H and O–H groups in total. The van der Waals surface area contributed by atoms with Gasteiger partial charge in [-0.1, -0.05) is 0 Å². The predicted octanol–water partition coefficient (Wildman–Crippen LogP) is 0.145. The number of carbonyl (C=O) groups excluding carboxylic acids is 1. The summed E-state index contributed by atoms with van der Waals surface area (Å²) >= 11 is 0. The second-order valence-corrected chi connectivity index (χ2v) is 4.16. The van der Waals surface area contributed by atoms with E-state index >= 15 is 0 Å². The zero-order chi connectivity index (χ0) is 10.8. The van der Waals surface area contributed by atoms with Crippen molar-refractivity contribution >= 4 is 11.9 Å². The summed E-state index contributed by atoms with van der Waals surface area (Å²) in [6.45, 7) is 0.596. The van der Waals surface area contributed by atoms with Crippen LogP contribution in [0.15, 0.2) is 0 Å². The quantitative estimate of drug-likeness (QED) is 0.696. The molecular formula is C10H15NO4. The number of carboxylic acids is 1. The molecule has 5 heteroatoms. The van der Waals surface area contributed by atoms with Crippen molar-refractivity contribution in [2.75, 3.05) is 6.61 Å². The van der Waals surface area contributed by atoms with Gasteiger partial charge in [-0.2, -0.15) is 0 Å². The lowest BCUT2D eigenvalue weighted by molar-refractivity contribution is -0.144. The number of hydrogen-bond acceptors (Lipinski definition) is 3. The molecule has 1 saturated heterocycles. The molecule has 0 aromatic rings. The zero-order valence-corrected chi connectivity index (χ0v) is 8.44. The van der Waals surface area contributed by atoms with Crippen LogP contribution in [0.25, 0.3) is 0 Å². The molecule has 1 aliphatic carbocycles. The molecule has 0 spiro atoms. The minimum absolute atomic E-state index is 0.118. The molecule has 0 bridgehead atoms. The lowest BCUT2D eigenvalue weighted by atomic mass is 10.1. The fourth-order valence-corrected chi connectivity index (χ4v) is 1.84. The minimum Gasteiger partial charge on any atom is -0.480 e. The van der Waals surface area contributed by atoms with Crippen LogP contribution in [0.5, 0.6) is 0 Å². The summed E-state index contributed by atoms with van der Waals surface area (Å²) in [6, 6.07) is -0.721. The molecular weight excluding hydrogens is 198 g/mol. The first-order valence-corrected chi connectivity index (χ1v) is 5.33. The second kappa shape index (κ2) is 4.18. The highest BCUT2D eigenvalue weighted by Crippen LogP contribution is 2.32. The third-order valence-corrected chi connectivity index (χ3v) is 2.88. The number of amides is 1. The Morgan fingerprint density at radius 3 is 2.53 bits per heavy atom. The maximum atomic E-state index is 11.6. The van der Waals surface area contributed by atoms with Crippen LogP contribution in [-0.2, 0) is 14.3 Å². The first kappa shape index (κ1) is 10.4. The molecule has 0 aromatic carbocycles. The van der Waals surface area contributed by atoms with E-state index < -0.39 is 18.1 Å². The highest BCUT2D eigenvalue weighted by molar-refractivity contribution is 5.86. The van der Waals surface area contributed by atoms with Crippen molar-refractivity contribution in [2.24, 2.45) is 5.92 Å². The van der Waals surface area contributed by atoms with E-state index in [4.69, 9.17) is 9.84 Å². The van der Waals surface area contributed by atoms with Crippen molar-refractivity contribution in [3.63, 3.8) is 0 Å². The van der Waals surface area contributed by atoms with Crippen LogP contribution in [0, 0.1) is 5.92 Å². The van der Waals surface area contributed by atoms with Crippen LogP contribution in [0.4, 0.5) is 0 Å². The second-order valence-electron chi connectivity index (χ2n) is 4.16. The van der Waals surface area contributed by atoms with Crippen LogP contribution >= 0.6 is 0 Å². The molecule has 2 rings (SSSR count). The molecule has 2 fully saturated rings. The standard InChI is InChI=1S/C10H15NO4/c12-9(7-2-1-5-15-7)11-8(10(13)14)6-3-4-6/h6-8H,1-5H2,(H,11,12)(H,13,14)/t7-,8?/m0/s1. The molecule has 0 aromatic heterocycles. The van der Waals surface area contributed by atoms with Gasteiger partial charge in [-0.15, -0.1) is 0 Å². The third kappa shape index (κ3) is 2.47. The number of aliphatic carboxylic acids is 1. The number of ether oxygens (including phenoxy) is 1. The summed E-state index contributed by atoms with van der Waals surface area (Å²) in [5.41, 5.74) is 0. The van der Waals surface area contributed by atoms with Crippen molar-refractivity contribution in [2.45, 2.75) is 37.8 Å². The monoisotopic (exact) mass is 213 g/mol. The Morgan fingerprint density at radius 2 is 2.07 bits per heavy atom. The minimum atomic E-state index is -0.941. The molecule has 2 aliphatic rings. The van der Waals surface area contributed by atoms with E-state index in [1.165, 1.54) is 0 Å². The first-order chi connectivity index (χ1) is 7.18. The fraction of sp³-hybridized carbons (Fsp3) is 0.800. The van der Waals surface area contributed by atoms with Gasteiger partial charge in [0.05, 0.1) is 0 Å². The van der Waals surface area contributed by atoms with Gasteiger partial charge in [0.2, 0.25) is 5.91 Å². The molecule has 1 amide bonds. The summed E-state index contributed by atoms with van der Waals surface area (Å²) in [5, 5.41) is 11.5. The van der Waals surface area contributed by atoms with Crippen LogP contribution in [0.3, 0.4) is 0 Å². The van der Waals surface area contributed by atoms with E-state index in [1.807, 2.05) is 0 Å². The van der Waals surface area contributed by atoms with Crippen LogP contribution in [0.1, 0.15) is 25.7 Å². The molecule has 84 valence electrons. The van der Waals surface area contributed by atoms with Gasteiger partial charge in [0.1, 0.15) is 12.1 Å². The largest absolute Gasteiger partial charge is 0.480 e. The Morgan fingerprint density at radius 1 is 1.33 bits per heavy atom. The highest BCUT2D eigenvalue weighted by atomic mass is 16.5. The number of nitrogens with one attached hydrogen (secondary N) is 1. The molecule has 1 heterocycles. The molecule has 2 atom stereocenters. The van der Waals surface area contributed by atoms with Gasteiger partial charge in [0.25, 0.3) is 0 Å². The molecule has 0 radical (unpaired) electrons. The number of carboxylic acid groups (broad SMARTS) is 1. The Balaban J connectivity index is 1.87. The average Bonchev–Trinajstić information content (AvgIpc) is 2.87. The molecule has 1 unspecified atom stereocenters. The smallest absolute Gasteiger partial charge is 0.326 e. The van der Waals surface area contributed by atoms with Crippen LogP contribution in [0.2, 0.25) is 0 Å². The summed E-state index contributed by atoms with van der Waals surface area (Å²) < 4.78 is 5.19. The van der Waals surface area contributed by atoms with Crippen LogP contribution < -0.4 is 5.32 Å². The number of hydrogen-bond donors (Lipinski definition) is 2. The van der Waals surface area contributed by atoms with Gasteiger partial charge in [0, 0.05) is 6.61 Å². The molecule has 15 heavy (non-hydrogen) atoms. The third-order valence-electron chi connectivity index (χ3n) is 2.88. The van der Waals surface area contributed by atoms with Gasteiger partial charge >= 0.3 is 5.97 Å². The van der Waals surface area contributed by atoms with Gasteiger partial charge in [-0.25, -0.2) is 4.79 Å². The average molecular weight is 213 g/mol. The molecule has 5 nitrogen and oxygen atoms in total. The van der Waals surface area contributed by atoms with Gasteiger partial charge in [0.15, 0.2) is 0 Å². The van der Waals surface area contributed by atoms with Crippen molar-refractivity contribution in [3.8, 4) is 0 Å². The van der Waals surface area contributed by atoms with Gasteiger partial charge < -0.3 is 15.2 Å².